The molecule has 125 valence electrons. The van der Waals surface area contributed by atoms with Gasteiger partial charge in [-0.1, -0.05) is 69.3 Å². The first-order valence-corrected chi connectivity index (χ1v) is 7.85. The topological polar surface area (TPSA) is 0 Å². The summed E-state index contributed by atoms with van der Waals surface area (Å²) in [4.78, 5) is 0. The van der Waals surface area contributed by atoms with Crippen molar-refractivity contribution in [2.75, 3.05) is 0 Å². The van der Waals surface area contributed by atoms with Gasteiger partial charge in [-0.15, -0.1) is 17.2 Å². The Labute approximate surface area is 182 Å². The van der Waals surface area contributed by atoms with E-state index in [9.17, 15) is 0 Å². The van der Waals surface area contributed by atoms with E-state index < -0.39 is 0 Å². The Morgan fingerprint density at radius 2 is 1.32 bits per heavy atom. The molecule has 0 aliphatic heterocycles. The van der Waals surface area contributed by atoms with Crippen LogP contribution < -0.4 is 24.8 Å². The van der Waals surface area contributed by atoms with Gasteiger partial charge in [-0.3, -0.25) is 0 Å². The predicted octanol–water partition coefficient (Wildman–Crippen LogP) is -0.170. The van der Waals surface area contributed by atoms with E-state index in [1.165, 1.54) is 44.5 Å². The van der Waals surface area contributed by atoms with Crippen LogP contribution in [0.4, 0.5) is 0 Å². The second kappa shape index (κ2) is 8.67. The standard InChI is InChI=1S/C22H19.2ClH.Zr/c1-14(2)16-12-15(3)21(13-16)22-19-10-6-4-8-17(19)18-9-5-7-11-20(18)22;;;/h4-12,22H,1-3H3;2*1H;/q-1;;;+3/p-2. The minimum atomic E-state index is 0. The third-order valence-corrected chi connectivity index (χ3v) is 4.72. The molecule has 0 unspecified atom stereocenters. The summed E-state index contributed by atoms with van der Waals surface area (Å²) < 4.78 is 0. The van der Waals surface area contributed by atoms with E-state index in [1.54, 1.807) is 0 Å². The van der Waals surface area contributed by atoms with Crippen molar-refractivity contribution in [2.45, 2.75) is 26.7 Å². The molecule has 2 aromatic carbocycles. The summed E-state index contributed by atoms with van der Waals surface area (Å²) in [5.41, 5.74) is 10.8. The first kappa shape index (κ1) is 22.2. The van der Waals surface area contributed by atoms with Crippen LogP contribution >= 0.6 is 0 Å². The molecule has 4 rings (SSSR count). The number of hydrogen-bond donors (Lipinski definition) is 0. The first-order chi connectivity index (χ1) is 10.7. The van der Waals surface area contributed by atoms with Crippen LogP contribution in [-0.4, -0.2) is 0 Å². The quantitative estimate of drug-likeness (QED) is 0.535. The molecule has 2 aromatic rings. The van der Waals surface area contributed by atoms with Crippen molar-refractivity contribution in [3.63, 3.8) is 0 Å². The van der Waals surface area contributed by atoms with Gasteiger partial charge in [-0.2, -0.15) is 17.2 Å². The fourth-order valence-electron chi connectivity index (χ4n) is 3.61. The first-order valence-electron chi connectivity index (χ1n) is 7.85. The largest absolute Gasteiger partial charge is 3.00 e. The number of halogens is 2. The van der Waals surface area contributed by atoms with Crippen LogP contribution in [0.2, 0.25) is 0 Å². The molecule has 1 radical (unpaired) electrons. The molecule has 0 saturated carbocycles. The molecule has 0 heterocycles. The summed E-state index contributed by atoms with van der Waals surface area (Å²) in [7, 11) is 0. The van der Waals surface area contributed by atoms with E-state index >= 15 is 0 Å². The minimum absolute atomic E-state index is 0. The Kier molecular flexibility index (Phi) is 7.69. The van der Waals surface area contributed by atoms with Gasteiger partial charge in [-0.05, 0) is 22.3 Å². The van der Waals surface area contributed by atoms with Gasteiger partial charge in [0.2, 0.25) is 0 Å². The summed E-state index contributed by atoms with van der Waals surface area (Å²) in [5.74, 6) is 0.320. The third-order valence-electron chi connectivity index (χ3n) is 4.72. The maximum absolute atomic E-state index is 3.67. The molecule has 0 N–H and O–H groups in total. The van der Waals surface area contributed by atoms with Crippen LogP contribution in [0.5, 0.6) is 0 Å². The van der Waals surface area contributed by atoms with Gasteiger partial charge >= 0.3 is 26.2 Å². The zero-order chi connectivity index (χ0) is 15.3. The van der Waals surface area contributed by atoms with Crippen molar-refractivity contribution in [3.05, 3.63) is 94.1 Å². The average molecular weight is 446 g/mol. The van der Waals surface area contributed by atoms with Gasteiger partial charge in [0.15, 0.2) is 0 Å². The molecule has 0 spiro atoms. The molecule has 0 bridgehead atoms. The van der Waals surface area contributed by atoms with Crippen molar-refractivity contribution in [3.8, 4) is 11.1 Å². The molecule has 2 aliphatic rings. The smallest absolute Gasteiger partial charge is 1.00 e. The van der Waals surface area contributed by atoms with Crippen LogP contribution in [0.15, 0.2) is 76.9 Å². The van der Waals surface area contributed by atoms with E-state index in [2.05, 4.69) is 81.5 Å². The van der Waals surface area contributed by atoms with Gasteiger partial charge in [0.1, 0.15) is 0 Å². The number of allylic oxidation sites excluding steroid dienone is 6. The van der Waals surface area contributed by atoms with E-state index in [-0.39, 0.29) is 51.0 Å². The maximum Gasteiger partial charge on any atom is 3.00 e. The third kappa shape index (κ3) is 3.66. The van der Waals surface area contributed by atoms with E-state index in [4.69, 9.17) is 0 Å². The normalized spacial score (nSPS) is 14.3. The van der Waals surface area contributed by atoms with Gasteiger partial charge in [0.25, 0.3) is 0 Å². The van der Waals surface area contributed by atoms with Crippen molar-refractivity contribution in [1.82, 2.24) is 0 Å². The zero-order valence-electron chi connectivity index (χ0n) is 14.5. The van der Waals surface area contributed by atoms with Crippen molar-refractivity contribution in [2.24, 2.45) is 0 Å². The van der Waals surface area contributed by atoms with Crippen LogP contribution in [0, 0.1) is 6.08 Å². The molecule has 2 aliphatic carbocycles. The molecule has 0 fully saturated rings. The minimum Gasteiger partial charge on any atom is -1.00 e. The SMILES string of the molecule is CC1=CC(=C(C)C)[C-]=C1C1c2ccccc2-c2ccccc21.[Cl-].[Cl-].[Zr+3]. The molecule has 0 amide bonds. The summed E-state index contributed by atoms with van der Waals surface area (Å²) in [6.45, 7) is 6.53. The number of hydrogen-bond acceptors (Lipinski definition) is 0. The molecule has 0 aromatic heterocycles. The monoisotopic (exact) mass is 443 g/mol. The fraction of sp³-hybridized carbons (Fsp3) is 0.182. The fourth-order valence-corrected chi connectivity index (χ4v) is 3.61. The van der Waals surface area contributed by atoms with Crippen molar-refractivity contribution in [1.29, 1.82) is 0 Å². The Morgan fingerprint density at radius 3 is 1.76 bits per heavy atom. The van der Waals surface area contributed by atoms with Crippen LogP contribution in [0.3, 0.4) is 0 Å². The summed E-state index contributed by atoms with van der Waals surface area (Å²) in [5, 5.41) is 0. The Bertz CT molecular complexity index is 826. The molecule has 0 atom stereocenters. The number of rotatable bonds is 1. The Morgan fingerprint density at radius 1 is 0.840 bits per heavy atom. The second-order valence-corrected chi connectivity index (χ2v) is 6.39. The van der Waals surface area contributed by atoms with Gasteiger partial charge in [0.05, 0.1) is 0 Å². The van der Waals surface area contributed by atoms with Gasteiger partial charge < -0.3 is 24.8 Å². The summed E-state index contributed by atoms with van der Waals surface area (Å²) in [6.07, 6.45) is 5.94. The Hall–Kier alpha value is -0.877. The number of fused-ring (bicyclic) bond motifs is 3. The number of benzene rings is 2. The summed E-state index contributed by atoms with van der Waals surface area (Å²) in [6, 6.07) is 17.6. The average Bonchev–Trinajstić information content (AvgIpc) is 3.05. The van der Waals surface area contributed by atoms with Gasteiger partial charge in [0, 0.05) is 5.92 Å². The molecule has 25 heavy (non-hydrogen) atoms. The summed E-state index contributed by atoms with van der Waals surface area (Å²) >= 11 is 0. The maximum atomic E-state index is 3.67. The van der Waals surface area contributed by atoms with Crippen LogP contribution in [0.25, 0.3) is 11.1 Å². The molecule has 0 nitrogen and oxygen atoms in total. The van der Waals surface area contributed by atoms with Crippen molar-refractivity contribution >= 4 is 0 Å². The van der Waals surface area contributed by atoms with Crippen molar-refractivity contribution < 1.29 is 51.0 Å². The molecule has 0 saturated heterocycles. The van der Waals surface area contributed by atoms with Gasteiger partial charge in [-0.25, -0.2) is 0 Å². The van der Waals surface area contributed by atoms with E-state index in [0.717, 1.165) is 0 Å². The van der Waals surface area contributed by atoms with Crippen LogP contribution in [0.1, 0.15) is 37.8 Å². The molecule has 3 heteroatoms. The zero-order valence-corrected chi connectivity index (χ0v) is 18.5. The molecular weight excluding hydrogens is 426 g/mol. The van der Waals surface area contributed by atoms with E-state index in [1.807, 2.05) is 0 Å². The van der Waals surface area contributed by atoms with E-state index in [0.29, 0.717) is 5.92 Å². The molecular formula is C22H19Cl2Zr. The predicted molar refractivity (Wildman–Crippen MR) is 92.6 cm³/mol. The second-order valence-electron chi connectivity index (χ2n) is 6.39. The van der Waals surface area contributed by atoms with Crippen LogP contribution in [-0.2, 0) is 26.2 Å². The Balaban J connectivity index is 0.00000104.